The number of hydrazine groups is 1. The topological polar surface area (TPSA) is 77.5 Å². The van der Waals surface area contributed by atoms with E-state index < -0.39 is 5.91 Å². The lowest BCUT2D eigenvalue weighted by Gasteiger charge is -2.06. The molecule has 1 amide bonds. The number of nitrogen functional groups attached to an aromatic ring is 1. The molecule has 0 aliphatic carbocycles. The minimum Gasteiger partial charge on any atom is -0.489 e. The van der Waals surface area contributed by atoms with Gasteiger partial charge in [-0.3, -0.25) is 10.2 Å². The van der Waals surface area contributed by atoms with Crippen LogP contribution >= 0.6 is 0 Å². The fourth-order valence-electron chi connectivity index (χ4n) is 2.05. The predicted octanol–water partition coefficient (Wildman–Crippen LogP) is 2.72. The van der Waals surface area contributed by atoms with Crippen molar-refractivity contribution in [1.82, 2.24) is 5.43 Å². The van der Waals surface area contributed by atoms with E-state index in [1.165, 1.54) is 5.56 Å². The fraction of sp³-hybridized carbons (Fsp3) is 0.312. The van der Waals surface area contributed by atoms with Crippen molar-refractivity contribution in [2.24, 2.45) is 5.84 Å². The monoisotopic (exact) mass is 288 g/mol. The predicted molar refractivity (Wildman–Crippen MR) is 79.9 cm³/mol. The number of rotatable bonds is 6. The Morgan fingerprint density at radius 1 is 1.33 bits per heavy atom. The largest absolute Gasteiger partial charge is 0.489 e. The van der Waals surface area contributed by atoms with Gasteiger partial charge in [0.25, 0.3) is 0 Å². The first-order chi connectivity index (χ1) is 10.1. The Labute approximate surface area is 124 Å². The summed E-state index contributed by atoms with van der Waals surface area (Å²) in [6, 6.07) is 9.67. The highest BCUT2D eigenvalue weighted by molar-refractivity contribution is 5.91. The molecule has 5 nitrogen and oxygen atoms in total. The molecule has 0 bridgehead atoms. The van der Waals surface area contributed by atoms with Gasteiger partial charge in [-0.15, -0.1) is 0 Å². The SMILES string of the molecule is CCCc1ccc(OCc2cc(C(=O)NN)oc2C)cc1. The molecule has 2 rings (SSSR count). The Bertz CT molecular complexity index is 602. The maximum absolute atomic E-state index is 11.4. The number of aryl methyl sites for hydroxylation is 2. The average molecular weight is 288 g/mol. The normalized spacial score (nSPS) is 10.4. The van der Waals surface area contributed by atoms with Crippen molar-refractivity contribution < 1.29 is 13.9 Å². The van der Waals surface area contributed by atoms with Crippen LogP contribution in [-0.4, -0.2) is 5.91 Å². The van der Waals surface area contributed by atoms with Crippen LogP contribution in [0.2, 0.25) is 0 Å². The van der Waals surface area contributed by atoms with Gasteiger partial charge in [-0.2, -0.15) is 0 Å². The molecule has 0 spiro atoms. The molecule has 0 saturated carbocycles. The molecule has 1 aromatic carbocycles. The number of benzene rings is 1. The Balaban J connectivity index is 1.99. The summed E-state index contributed by atoms with van der Waals surface area (Å²) < 4.78 is 11.0. The lowest BCUT2D eigenvalue weighted by atomic mass is 10.1. The van der Waals surface area contributed by atoms with Crippen molar-refractivity contribution in [3.63, 3.8) is 0 Å². The van der Waals surface area contributed by atoms with E-state index in [1.807, 2.05) is 17.6 Å². The van der Waals surface area contributed by atoms with Gasteiger partial charge in [-0.05, 0) is 37.1 Å². The molecule has 1 heterocycles. The van der Waals surface area contributed by atoms with E-state index in [1.54, 1.807) is 13.0 Å². The first kappa shape index (κ1) is 15.1. The third-order valence-corrected chi connectivity index (χ3v) is 3.23. The molecule has 0 fully saturated rings. The van der Waals surface area contributed by atoms with Crippen molar-refractivity contribution in [3.8, 4) is 5.75 Å². The Kier molecular flexibility index (Phi) is 5.00. The lowest BCUT2D eigenvalue weighted by Crippen LogP contribution is -2.29. The van der Waals surface area contributed by atoms with E-state index in [0.717, 1.165) is 24.2 Å². The second-order valence-electron chi connectivity index (χ2n) is 4.85. The van der Waals surface area contributed by atoms with E-state index in [9.17, 15) is 4.79 Å². The summed E-state index contributed by atoms with van der Waals surface area (Å²) >= 11 is 0. The fourth-order valence-corrected chi connectivity index (χ4v) is 2.05. The van der Waals surface area contributed by atoms with Gasteiger partial charge in [0.1, 0.15) is 18.1 Å². The van der Waals surface area contributed by atoms with E-state index in [4.69, 9.17) is 15.0 Å². The van der Waals surface area contributed by atoms with Crippen molar-refractivity contribution in [3.05, 3.63) is 53.0 Å². The average Bonchev–Trinajstić information content (AvgIpc) is 2.87. The number of ether oxygens (including phenoxy) is 1. The molecule has 2 aromatic rings. The number of amides is 1. The van der Waals surface area contributed by atoms with Crippen molar-refractivity contribution in [2.45, 2.75) is 33.3 Å². The molecule has 3 N–H and O–H groups in total. The highest BCUT2D eigenvalue weighted by atomic mass is 16.5. The van der Waals surface area contributed by atoms with Gasteiger partial charge in [-0.1, -0.05) is 25.5 Å². The Morgan fingerprint density at radius 2 is 2.05 bits per heavy atom. The third-order valence-electron chi connectivity index (χ3n) is 3.23. The first-order valence-electron chi connectivity index (χ1n) is 6.96. The summed E-state index contributed by atoms with van der Waals surface area (Å²) in [6.07, 6.45) is 2.19. The van der Waals surface area contributed by atoms with Crippen LogP contribution < -0.4 is 16.0 Å². The zero-order valence-corrected chi connectivity index (χ0v) is 12.3. The molecule has 1 aromatic heterocycles. The number of nitrogens with two attached hydrogens (primary N) is 1. The standard InChI is InChI=1S/C16H20N2O3/c1-3-4-12-5-7-14(8-6-12)20-10-13-9-15(16(19)18-17)21-11(13)2/h5-9H,3-4,10,17H2,1-2H3,(H,18,19). The van der Waals surface area contributed by atoms with Gasteiger partial charge in [0.15, 0.2) is 5.76 Å². The van der Waals surface area contributed by atoms with Crippen LogP contribution in [-0.2, 0) is 13.0 Å². The number of nitrogens with one attached hydrogen (secondary N) is 1. The molecule has 0 atom stereocenters. The van der Waals surface area contributed by atoms with E-state index >= 15 is 0 Å². The van der Waals surface area contributed by atoms with E-state index in [-0.39, 0.29) is 5.76 Å². The number of carbonyl (C=O) groups is 1. The maximum Gasteiger partial charge on any atom is 0.300 e. The van der Waals surface area contributed by atoms with Crippen LogP contribution in [0.5, 0.6) is 5.75 Å². The Hall–Kier alpha value is -2.27. The van der Waals surface area contributed by atoms with E-state index in [2.05, 4.69) is 19.1 Å². The van der Waals surface area contributed by atoms with Crippen LogP contribution in [0.3, 0.4) is 0 Å². The smallest absolute Gasteiger partial charge is 0.300 e. The van der Waals surface area contributed by atoms with Crippen LogP contribution in [0, 0.1) is 6.92 Å². The molecule has 0 unspecified atom stereocenters. The van der Waals surface area contributed by atoms with Gasteiger partial charge in [0, 0.05) is 5.56 Å². The zero-order chi connectivity index (χ0) is 15.2. The van der Waals surface area contributed by atoms with Crippen molar-refractivity contribution in [1.29, 1.82) is 0 Å². The summed E-state index contributed by atoms with van der Waals surface area (Å²) in [5, 5.41) is 0. The molecule has 0 aliphatic rings. The van der Waals surface area contributed by atoms with Crippen molar-refractivity contribution >= 4 is 5.91 Å². The first-order valence-corrected chi connectivity index (χ1v) is 6.96. The summed E-state index contributed by atoms with van der Waals surface area (Å²) in [5.41, 5.74) is 4.16. The lowest BCUT2D eigenvalue weighted by molar-refractivity contribution is 0.0924. The summed E-state index contributed by atoms with van der Waals surface area (Å²) in [7, 11) is 0. The summed E-state index contributed by atoms with van der Waals surface area (Å²) in [4.78, 5) is 11.4. The zero-order valence-electron chi connectivity index (χ0n) is 12.3. The summed E-state index contributed by atoms with van der Waals surface area (Å²) in [6.45, 7) is 4.29. The number of carbonyl (C=O) groups excluding carboxylic acids is 1. The van der Waals surface area contributed by atoms with Crippen LogP contribution in [0.25, 0.3) is 0 Å². The third kappa shape index (κ3) is 3.86. The minimum absolute atomic E-state index is 0.187. The van der Waals surface area contributed by atoms with Gasteiger partial charge in [0.2, 0.25) is 0 Å². The van der Waals surface area contributed by atoms with Crippen LogP contribution in [0.4, 0.5) is 0 Å². The van der Waals surface area contributed by atoms with Crippen LogP contribution in [0.1, 0.15) is 40.8 Å². The van der Waals surface area contributed by atoms with E-state index in [0.29, 0.717) is 12.4 Å². The summed E-state index contributed by atoms with van der Waals surface area (Å²) in [5.74, 6) is 6.25. The highest BCUT2D eigenvalue weighted by Gasteiger charge is 2.13. The molecule has 112 valence electrons. The molecule has 0 radical (unpaired) electrons. The number of hydrogen-bond acceptors (Lipinski definition) is 4. The van der Waals surface area contributed by atoms with Crippen LogP contribution in [0.15, 0.2) is 34.7 Å². The molecule has 0 aliphatic heterocycles. The molecular formula is C16H20N2O3. The van der Waals surface area contributed by atoms with Gasteiger partial charge in [-0.25, -0.2) is 5.84 Å². The number of hydrogen-bond donors (Lipinski definition) is 2. The highest BCUT2D eigenvalue weighted by Crippen LogP contribution is 2.19. The maximum atomic E-state index is 11.4. The van der Waals surface area contributed by atoms with Gasteiger partial charge >= 0.3 is 5.91 Å². The molecule has 5 heteroatoms. The number of furan rings is 1. The molecule has 0 saturated heterocycles. The Morgan fingerprint density at radius 3 is 2.67 bits per heavy atom. The quantitative estimate of drug-likeness (QED) is 0.487. The second-order valence-corrected chi connectivity index (χ2v) is 4.85. The minimum atomic E-state index is -0.451. The second kappa shape index (κ2) is 6.95. The van der Waals surface area contributed by atoms with Crippen molar-refractivity contribution in [2.75, 3.05) is 0 Å². The molecular weight excluding hydrogens is 268 g/mol. The van der Waals surface area contributed by atoms with Gasteiger partial charge < -0.3 is 9.15 Å². The molecule has 21 heavy (non-hydrogen) atoms. The van der Waals surface area contributed by atoms with Gasteiger partial charge in [0.05, 0.1) is 0 Å².